The third-order valence-corrected chi connectivity index (χ3v) is 5.06. The van der Waals surface area contributed by atoms with E-state index in [-0.39, 0.29) is 25.4 Å². The topological polar surface area (TPSA) is 52.2 Å². The molecule has 24 heavy (non-hydrogen) atoms. The maximum absolute atomic E-state index is 12.9. The Balaban J connectivity index is 1.54. The van der Waals surface area contributed by atoms with Gasteiger partial charge >= 0.3 is 6.18 Å². The van der Waals surface area contributed by atoms with Gasteiger partial charge in [-0.05, 0) is 38.3 Å². The van der Waals surface area contributed by atoms with Crippen molar-refractivity contribution in [2.45, 2.75) is 37.8 Å². The Bertz CT molecular complexity index is 546. The van der Waals surface area contributed by atoms with Crippen LogP contribution in [0.1, 0.15) is 37.3 Å². The lowest BCUT2D eigenvalue weighted by molar-refractivity contribution is -0.188. The van der Waals surface area contributed by atoms with Gasteiger partial charge in [0.1, 0.15) is 0 Å². The van der Waals surface area contributed by atoms with Gasteiger partial charge < -0.3 is 4.90 Å². The molecule has 1 aromatic heterocycles. The molecule has 2 aliphatic heterocycles. The van der Waals surface area contributed by atoms with E-state index < -0.39 is 12.1 Å². The molecule has 1 amide bonds. The van der Waals surface area contributed by atoms with Gasteiger partial charge in [0, 0.05) is 37.4 Å². The third kappa shape index (κ3) is 4.09. The summed E-state index contributed by atoms with van der Waals surface area (Å²) >= 11 is 0. The van der Waals surface area contributed by atoms with Crippen LogP contribution in [0, 0.1) is 5.92 Å². The summed E-state index contributed by atoms with van der Waals surface area (Å²) in [6, 6.07) is 1.94. The number of nitrogens with one attached hydrogen (secondary N) is 1. The highest BCUT2D eigenvalue weighted by Gasteiger charge is 2.42. The molecular formula is C16H23F3N4O. The second-order valence-corrected chi connectivity index (χ2v) is 6.81. The number of carbonyl (C=O) groups is 1. The summed E-state index contributed by atoms with van der Waals surface area (Å²) in [7, 11) is 0. The van der Waals surface area contributed by atoms with E-state index in [0.29, 0.717) is 18.9 Å². The molecular weight excluding hydrogens is 321 g/mol. The number of halogens is 3. The number of aromatic nitrogens is 2. The number of H-pyrrole nitrogens is 1. The molecule has 1 N–H and O–H groups in total. The van der Waals surface area contributed by atoms with Gasteiger partial charge in [0.05, 0.1) is 12.5 Å². The molecule has 0 aliphatic carbocycles. The predicted molar refractivity (Wildman–Crippen MR) is 82.4 cm³/mol. The molecule has 5 nitrogen and oxygen atoms in total. The maximum Gasteiger partial charge on any atom is 0.393 e. The average Bonchev–Trinajstić information content (AvgIpc) is 3.09. The molecule has 2 aliphatic rings. The Morgan fingerprint density at radius 1 is 1.25 bits per heavy atom. The molecule has 0 spiro atoms. The van der Waals surface area contributed by atoms with Gasteiger partial charge in [0.25, 0.3) is 0 Å². The van der Waals surface area contributed by atoms with Gasteiger partial charge in [-0.1, -0.05) is 0 Å². The van der Waals surface area contributed by atoms with Crippen molar-refractivity contribution in [2.24, 2.45) is 5.92 Å². The Morgan fingerprint density at radius 2 is 2.04 bits per heavy atom. The lowest BCUT2D eigenvalue weighted by Gasteiger charge is -2.36. The van der Waals surface area contributed by atoms with E-state index in [9.17, 15) is 18.0 Å². The van der Waals surface area contributed by atoms with Crippen molar-refractivity contribution in [3.63, 3.8) is 0 Å². The Morgan fingerprint density at radius 3 is 2.75 bits per heavy atom. The third-order valence-electron chi connectivity index (χ3n) is 5.06. The van der Waals surface area contributed by atoms with Crippen LogP contribution in [0.5, 0.6) is 0 Å². The summed E-state index contributed by atoms with van der Waals surface area (Å²) in [6.45, 7) is 2.00. The van der Waals surface area contributed by atoms with Gasteiger partial charge in [0.2, 0.25) is 5.91 Å². The second kappa shape index (κ2) is 7.13. The van der Waals surface area contributed by atoms with E-state index >= 15 is 0 Å². The van der Waals surface area contributed by atoms with Crippen LogP contribution in [0.4, 0.5) is 13.2 Å². The number of carbonyl (C=O) groups excluding carboxylic acids is 1. The minimum absolute atomic E-state index is 0.124. The van der Waals surface area contributed by atoms with Crippen LogP contribution in [0.15, 0.2) is 12.3 Å². The van der Waals surface area contributed by atoms with Crippen molar-refractivity contribution >= 4 is 5.91 Å². The van der Waals surface area contributed by atoms with Crippen LogP contribution in [-0.2, 0) is 4.79 Å². The van der Waals surface area contributed by atoms with Crippen LogP contribution in [-0.4, -0.2) is 64.8 Å². The van der Waals surface area contributed by atoms with Crippen molar-refractivity contribution in [3.05, 3.63) is 18.0 Å². The first-order valence-electron chi connectivity index (χ1n) is 8.49. The fraction of sp³-hybridized carbons (Fsp3) is 0.750. The number of hydrogen-bond donors (Lipinski definition) is 1. The maximum atomic E-state index is 12.9. The summed E-state index contributed by atoms with van der Waals surface area (Å²) in [5.41, 5.74) is 1.06. The van der Waals surface area contributed by atoms with Crippen molar-refractivity contribution in [1.82, 2.24) is 20.0 Å². The quantitative estimate of drug-likeness (QED) is 0.916. The average molecular weight is 344 g/mol. The van der Waals surface area contributed by atoms with Crippen molar-refractivity contribution in [1.29, 1.82) is 0 Å². The first kappa shape index (κ1) is 17.3. The van der Waals surface area contributed by atoms with E-state index in [0.717, 1.165) is 31.6 Å². The highest BCUT2D eigenvalue weighted by molar-refractivity contribution is 5.78. The Labute approximate surface area is 139 Å². The van der Waals surface area contributed by atoms with E-state index in [1.807, 2.05) is 6.07 Å². The van der Waals surface area contributed by atoms with Gasteiger partial charge in [-0.15, -0.1) is 0 Å². The zero-order chi connectivity index (χ0) is 17.2. The first-order valence-corrected chi connectivity index (χ1v) is 8.49. The number of alkyl halides is 3. The molecule has 1 aromatic rings. The number of nitrogens with zero attached hydrogens (tertiary/aromatic N) is 3. The van der Waals surface area contributed by atoms with Gasteiger partial charge in [-0.2, -0.15) is 18.3 Å². The van der Waals surface area contributed by atoms with Crippen LogP contribution in [0.25, 0.3) is 0 Å². The molecule has 134 valence electrons. The number of piperidine rings is 2. The van der Waals surface area contributed by atoms with Crippen LogP contribution in [0.3, 0.4) is 0 Å². The summed E-state index contributed by atoms with van der Waals surface area (Å²) in [6.07, 6.45) is 0.0562. The predicted octanol–water partition coefficient (Wildman–Crippen LogP) is 2.39. The molecule has 2 saturated heterocycles. The number of rotatable bonds is 3. The van der Waals surface area contributed by atoms with E-state index in [1.165, 1.54) is 4.90 Å². The van der Waals surface area contributed by atoms with Gasteiger partial charge in [-0.25, -0.2) is 0 Å². The SMILES string of the molecule is O=C(CN1CCC[C@H](c2ccn[nH]2)C1)N1CCC[C@H](C(F)(F)F)C1. The highest BCUT2D eigenvalue weighted by atomic mass is 19.4. The van der Waals surface area contributed by atoms with Crippen molar-refractivity contribution in [3.8, 4) is 0 Å². The molecule has 2 atom stereocenters. The Kier molecular flexibility index (Phi) is 5.12. The molecule has 3 rings (SSSR count). The first-order chi connectivity index (χ1) is 11.4. The summed E-state index contributed by atoms with van der Waals surface area (Å²) in [4.78, 5) is 15.9. The monoisotopic (exact) mass is 344 g/mol. The van der Waals surface area contributed by atoms with Crippen molar-refractivity contribution in [2.75, 3.05) is 32.7 Å². The largest absolute Gasteiger partial charge is 0.393 e. The summed E-state index contributed by atoms with van der Waals surface area (Å²) < 4.78 is 38.7. The number of aromatic amines is 1. The fourth-order valence-corrected chi connectivity index (χ4v) is 3.71. The Hall–Kier alpha value is -1.57. The normalized spacial score (nSPS) is 26.5. The molecule has 0 aromatic carbocycles. The standard InChI is InChI=1S/C16H23F3N4O/c17-16(18,19)13-4-2-8-23(10-13)15(24)11-22-7-1-3-12(9-22)14-5-6-20-21-14/h5-6,12-13H,1-4,7-11H2,(H,20,21)/t12-,13-/m0/s1. The number of hydrogen-bond acceptors (Lipinski definition) is 3. The summed E-state index contributed by atoms with van der Waals surface area (Å²) in [5, 5.41) is 6.93. The van der Waals surface area contributed by atoms with Crippen molar-refractivity contribution < 1.29 is 18.0 Å². The molecule has 0 bridgehead atoms. The molecule has 3 heterocycles. The number of likely N-dealkylation sites (tertiary alicyclic amines) is 2. The lowest BCUT2D eigenvalue weighted by Crippen LogP contribution is -2.49. The fourth-order valence-electron chi connectivity index (χ4n) is 3.71. The molecule has 0 unspecified atom stereocenters. The zero-order valence-electron chi connectivity index (χ0n) is 13.6. The smallest absolute Gasteiger partial charge is 0.341 e. The number of amides is 1. The second-order valence-electron chi connectivity index (χ2n) is 6.81. The molecule has 0 radical (unpaired) electrons. The minimum Gasteiger partial charge on any atom is -0.341 e. The van der Waals surface area contributed by atoms with E-state index in [1.54, 1.807) is 6.20 Å². The highest BCUT2D eigenvalue weighted by Crippen LogP contribution is 2.33. The lowest BCUT2D eigenvalue weighted by atomic mass is 9.94. The van der Waals surface area contributed by atoms with Gasteiger partial charge in [0.15, 0.2) is 0 Å². The van der Waals surface area contributed by atoms with Gasteiger partial charge in [-0.3, -0.25) is 14.8 Å². The molecule has 2 fully saturated rings. The molecule has 8 heteroatoms. The molecule has 0 saturated carbocycles. The van der Waals surface area contributed by atoms with E-state index in [4.69, 9.17) is 0 Å². The van der Waals surface area contributed by atoms with Crippen LogP contribution >= 0.6 is 0 Å². The minimum atomic E-state index is -4.21. The zero-order valence-corrected chi connectivity index (χ0v) is 13.6. The van der Waals surface area contributed by atoms with E-state index in [2.05, 4.69) is 15.1 Å². The van der Waals surface area contributed by atoms with Crippen LogP contribution < -0.4 is 0 Å². The summed E-state index contributed by atoms with van der Waals surface area (Å²) in [5.74, 6) is -1.26. The van der Waals surface area contributed by atoms with Crippen LogP contribution in [0.2, 0.25) is 0 Å².